The molecule has 1 aromatic rings. The van der Waals surface area contributed by atoms with Gasteiger partial charge in [0.1, 0.15) is 0 Å². The second-order valence-corrected chi connectivity index (χ2v) is 2.18. The van der Waals surface area contributed by atoms with Gasteiger partial charge in [0.05, 0.1) is 4.92 Å². The van der Waals surface area contributed by atoms with E-state index in [9.17, 15) is 10.1 Å². The van der Waals surface area contributed by atoms with Crippen molar-refractivity contribution < 1.29 is 4.92 Å². The van der Waals surface area contributed by atoms with Crippen molar-refractivity contribution in [2.75, 3.05) is 0 Å². The number of benzene rings is 1. The van der Waals surface area contributed by atoms with Gasteiger partial charge in [-0.25, -0.2) is 0 Å². The Morgan fingerprint density at radius 1 is 1.31 bits per heavy atom. The summed E-state index contributed by atoms with van der Waals surface area (Å²) in [5.41, 5.74) is 0.889. The molecule has 1 rings (SSSR count). The van der Waals surface area contributed by atoms with E-state index in [0.717, 1.165) is 5.56 Å². The normalized spacial score (nSPS) is 7.77. The first-order chi connectivity index (χ1) is 5.74. The third kappa shape index (κ3) is 2.93. The fourth-order valence-electron chi connectivity index (χ4n) is 0.811. The van der Waals surface area contributed by atoms with Gasteiger partial charge in [-0.05, 0) is 19.1 Å². The minimum atomic E-state index is -0.427. The van der Waals surface area contributed by atoms with Crippen LogP contribution < -0.4 is 6.15 Å². The Hall–Kier alpha value is -1.86. The zero-order valence-corrected chi connectivity index (χ0v) is 7.28. The lowest BCUT2D eigenvalue weighted by Gasteiger charge is -1.90. The summed E-state index contributed by atoms with van der Waals surface area (Å²) in [6.45, 7) is 1.72. The number of nitrogens with zero attached hydrogens (tertiary/aromatic N) is 1. The monoisotopic (exact) mass is 178 g/mol. The molecule has 0 aliphatic rings. The smallest absolute Gasteiger partial charge is 0.269 e. The van der Waals surface area contributed by atoms with Crippen LogP contribution in [0.2, 0.25) is 0 Å². The lowest BCUT2D eigenvalue weighted by Crippen LogP contribution is -1.86. The van der Waals surface area contributed by atoms with Crippen molar-refractivity contribution in [1.29, 1.82) is 0 Å². The van der Waals surface area contributed by atoms with E-state index in [2.05, 4.69) is 11.8 Å². The number of rotatable bonds is 1. The third-order valence-electron chi connectivity index (χ3n) is 1.35. The van der Waals surface area contributed by atoms with E-state index < -0.39 is 4.92 Å². The van der Waals surface area contributed by atoms with E-state index in [1.54, 1.807) is 19.1 Å². The summed E-state index contributed by atoms with van der Waals surface area (Å²) >= 11 is 0. The summed E-state index contributed by atoms with van der Waals surface area (Å²) < 4.78 is 0. The molecule has 0 atom stereocenters. The first-order valence-corrected chi connectivity index (χ1v) is 3.41. The molecule has 68 valence electrons. The Morgan fingerprint density at radius 2 is 1.85 bits per heavy atom. The van der Waals surface area contributed by atoms with E-state index in [1.807, 2.05) is 0 Å². The molecule has 4 nitrogen and oxygen atoms in total. The van der Waals surface area contributed by atoms with Gasteiger partial charge >= 0.3 is 0 Å². The van der Waals surface area contributed by atoms with Crippen molar-refractivity contribution in [2.24, 2.45) is 0 Å². The van der Waals surface area contributed by atoms with Crippen LogP contribution in [0.25, 0.3) is 0 Å². The van der Waals surface area contributed by atoms with Gasteiger partial charge < -0.3 is 6.15 Å². The summed E-state index contributed by atoms with van der Waals surface area (Å²) in [4.78, 5) is 9.81. The Balaban J connectivity index is 0.00000144. The number of hydrogen-bond donors (Lipinski definition) is 1. The largest absolute Gasteiger partial charge is 0.344 e. The molecule has 3 N–H and O–H groups in total. The SMILES string of the molecule is CC#Cc1ccc([N+](=O)[O-])cc1.N. The summed E-state index contributed by atoms with van der Waals surface area (Å²) in [7, 11) is 0. The minimum Gasteiger partial charge on any atom is -0.344 e. The summed E-state index contributed by atoms with van der Waals surface area (Å²) in [6.07, 6.45) is 0. The molecular formula is C9H10N2O2. The third-order valence-corrected chi connectivity index (χ3v) is 1.35. The van der Waals surface area contributed by atoms with Crippen LogP contribution in [0.15, 0.2) is 24.3 Å². The van der Waals surface area contributed by atoms with Crippen LogP contribution in [0.3, 0.4) is 0 Å². The average Bonchev–Trinajstić information content (AvgIpc) is 2.06. The molecule has 13 heavy (non-hydrogen) atoms. The minimum absolute atomic E-state index is 0. The maximum atomic E-state index is 10.2. The van der Waals surface area contributed by atoms with Crippen LogP contribution in [0, 0.1) is 22.0 Å². The summed E-state index contributed by atoms with van der Waals surface area (Å²) in [6, 6.07) is 6.16. The van der Waals surface area contributed by atoms with Crippen LogP contribution in [-0.4, -0.2) is 4.92 Å². The van der Waals surface area contributed by atoms with E-state index in [1.165, 1.54) is 12.1 Å². The van der Waals surface area contributed by atoms with Crippen molar-refractivity contribution in [3.8, 4) is 11.8 Å². The topological polar surface area (TPSA) is 78.1 Å². The fourth-order valence-corrected chi connectivity index (χ4v) is 0.811. The standard InChI is InChI=1S/C9H7NO2.H3N/c1-2-3-8-4-6-9(7-5-8)10(11)12;/h4-7H,1H3;1H3. The van der Waals surface area contributed by atoms with Crippen LogP contribution in [0.1, 0.15) is 12.5 Å². The molecule has 0 aromatic heterocycles. The quantitative estimate of drug-likeness (QED) is 0.406. The highest BCUT2D eigenvalue weighted by atomic mass is 16.6. The molecule has 0 aliphatic carbocycles. The maximum absolute atomic E-state index is 10.2. The zero-order valence-electron chi connectivity index (χ0n) is 7.28. The zero-order chi connectivity index (χ0) is 8.97. The predicted octanol–water partition coefficient (Wildman–Crippen LogP) is 2.13. The van der Waals surface area contributed by atoms with Crippen LogP contribution in [-0.2, 0) is 0 Å². The lowest BCUT2D eigenvalue weighted by molar-refractivity contribution is -0.384. The highest BCUT2D eigenvalue weighted by Gasteiger charge is 2.01. The van der Waals surface area contributed by atoms with Gasteiger partial charge in [-0.3, -0.25) is 10.1 Å². The Kier molecular flexibility index (Phi) is 4.20. The van der Waals surface area contributed by atoms with Gasteiger partial charge in [0.15, 0.2) is 0 Å². The van der Waals surface area contributed by atoms with E-state index in [4.69, 9.17) is 0 Å². The van der Waals surface area contributed by atoms with Crippen molar-refractivity contribution >= 4 is 5.69 Å². The van der Waals surface area contributed by atoms with Crippen LogP contribution in [0.5, 0.6) is 0 Å². The van der Waals surface area contributed by atoms with Crippen molar-refractivity contribution in [1.82, 2.24) is 6.15 Å². The van der Waals surface area contributed by atoms with Crippen LogP contribution >= 0.6 is 0 Å². The highest BCUT2D eigenvalue weighted by Crippen LogP contribution is 2.10. The van der Waals surface area contributed by atoms with E-state index in [-0.39, 0.29) is 11.8 Å². The lowest BCUT2D eigenvalue weighted by atomic mass is 10.2. The molecule has 4 heteroatoms. The number of nitro groups is 1. The fraction of sp³-hybridized carbons (Fsp3) is 0.111. The Morgan fingerprint density at radius 3 is 2.23 bits per heavy atom. The first kappa shape index (κ1) is 11.1. The average molecular weight is 178 g/mol. The van der Waals surface area contributed by atoms with Gasteiger partial charge in [0.2, 0.25) is 0 Å². The molecule has 0 bridgehead atoms. The first-order valence-electron chi connectivity index (χ1n) is 3.41. The van der Waals surface area contributed by atoms with Gasteiger partial charge in [0.25, 0.3) is 5.69 Å². The Bertz CT molecular complexity index is 346. The molecule has 0 fully saturated rings. The molecule has 1 aromatic carbocycles. The molecular weight excluding hydrogens is 168 g/mol. The highest BCUT2D eigenvalue weighted by molar-refractivity contribution is 5.40. The van der Waals surface area contributed by atoms with Crippen molar-refractivity contribution in [3.63, 3.8) is 0 Å². The summed E-state index contributed by atoms with van der Waals surface area (Å²) in [5, 5.41) is 10.2. The number of non-ortho nitro benzene ring substituents is 1. The van der Waals surface area contributed by atoms with E-state index in [0.29, 0.717) is 0 Å². The molecule has 0 saturated heterocycles. The molecule has 0 saturated carbocycles. The van der Waals surface area contributed by atoms with Gasteiger partial charge in [-0.15, -0.1) is 5.92 Å². The molecule has 0 amide bonds. The van der Waals surface area contributed by atoms with E-state index >= 15 is 0 Å². The molecule has 0 spiro atoms. The van der Waals surface area contributed by atoms with Gasteiger partial charge in [-0.1, -0.05) is 5.92 Å². The van der Waals surface area contributed by atoms with Gasteiger partial charge in [0, 0.05) is 17.7 Å². The van der Waals surface area contributed by atoms with Crippen molar-refractivity contribution in [2.45, 2.75) is 6.92 Å². The molecule has 0 radical (unpaired) electrons. The number of nitro benzene ring substituents is 1. The van der Waals surface area contributed by atoms with Crippen molar-refractivity contribution in [3.05, 3.63) is 39.9 Å². The number of hydrogen-bond acceptors (Lipinski definition) is 3. The maximum Gasteiger partial charge on any atom is 0.269 e. The second-order valence-electron chi connectivity index (χ2n) is 2.18. The molecule has 0 aliphatic heterocycles. The predicted molar refractivity (Wildman–Crippen MR) is 50.7 cm³/mol. The second kappa shape index (κ2) is 4.91. The Labute approximate surface area is 76.3 Å². The van der Waals surface area contributed by atoms with Crippen LogP contribution in [0.4, 0.5) is 5.69 Å². The summed E-state index contributed by atoms with van der Waals surface area (Å²) in [5.74, 6) is 5.51. The molecule has 0 unspecified atom stereocenters. The van der Waals surface area contributed by atoms with Gasteiger partial charge in [-0.2, -0.15) is 0 Å². The molecule has 0 heterocycles.